The molecule has 0 bridgehead atoms. The summed E-state index contributed by atoms with van der Waals surface area (Å²) in [6, 6.07) is 4.80. The maximum Gasteiger partial charge on any atom is 0.336 e. The number of fused-ring (bicyclic) bond motifs is 1. The zero-order chi connectivity index (χ0) is 6.97. The predicted molar refractivity (Wildman–Crippen MR) is 36.8 cm³/mol. The molecule has 0 aliphatic carbocycles. The van der Waals surface area contributed by atoms with Crippen LogP contribution >= 0.6 is 0 Å². The maximum absolute atomic E-state index is 10.6. The minimum Gasteiger partial charge on any atom is -0.421 e. The fourth-order valence-corrected chi connectivity index (χ4v) is 0.881. The normalized spacial score (nSPS) is 10.4. The number of rotatable bonds is 0. The van der Waals surface area contributed by atoms with E-state index in [9.17, 15) is 4.79 Å². The number of nitrogens with one attached hydrogen (secondary N) is 1. The van der Waals surface area contributed by atoms with Gasteiger partial charge in [0.2, 0.25) is 0 Å². The van der Waals surface area contributed by atoms with E-state index >= 15 is 0 Å². The molecule has 0 spiro atoms. The van der Waals surface area contributed by atoms with Crippen molar-refractivity contribution in [2.45, 2.75) is 0 Å². The molecule has 10 heavy (non-hydrogen) atoms. The molecule has 0 saturated carbocycles. The van der Waals surface area contributed by atoms with Gasteiger partial charge in [-0.3, -0.25) is 0 Å². The van der Waals surface area contributed by atoms with Crippen LogP contribution in [0.25, 0.3) is 11.1 Å². The van der Waals surface area contributed by atoms with Crippen LogP contribution in [0.15, 0.2) is 33.6 Å². The third kappa shape index (κ3) is 0.639. The van der Waals surface area contributed by atoms with Crippen LogP contribution in [0.3, 0.4) is 0 Å². The zero-order valence-corrected chi connectivity index (χ0v) is 5.13. The van der Waals surface area contributed by atoms with Crippen LogP contribution in [0.4, 0.5) is 0 Å². The fraction of sp³-hybridized carbons (Fsp3) is 0. The molecule has 0 radical (unpaired) electrons. The van der Waals surface area contributed by atoms with Crippen LogP contribution in [0.1, 0.15) is 0 Å². The van der Waals surface area contributed by atoms with Crippen LogP contribution < -0.4 is 5.63 Å². The molecular formula is C7H5NO2. The van der Waals surface area contributed by atoms with E-state index in [1.165, 1.54) is 6.07 Å². The summed E-state index contributed by atoms with van der Waals surface area (Å²) in [5.74, 6) is 0. The van der Waals surface area contributed by atoms with Crippen LogP contribution in [-0.2, 0) is 0 Å². The van der Waals surface area contributed by atoms with Gasteiger partial charge in [-0.25, -0.2) is 4.79 Å². The third-order valence-corrected chi connectivity index (χ3v) is 1.34. The number of hydrogen-bond acceptors (Lipinski definition) is 2. The molecule has 1 N–H and O–H groups in total. The van der Waals surface area contributed by atoms with E-state index in [2.05, 4.69) is 4.98 Å². The van der Waals surface area contributed by atoms with E-state index in [0.717, 1.165) is 5.52 Å². The Kier molecular flexibility index (Phi) is 0.917. The Morgan fingerprint density at radius 3 is 3.10 bits per heavy atom. The van der Waals surface area contributed by atoms with Gasteiger partial charge in [0.15, 0.2) is 5.58 Å². The SMILES string of the molecule is O=c1ccc2[nH]ccc2o1. The first kappa shape index (κ1) is 5.29. The van der Waals surface area contributed by atoms with Gasteiger partial charge in [0, 0.05) is 12.3 Å². The molecule has 3 nitrogen and oxygen atoms in total. The molecule has 0 aromatic carbocycles. The van der Waals surface area contributed by atoms with Crippen molar-refractivity contribution in [2.75, 3.05) is 0 Å². The lowest BCUT2D eigenvalue weighted by Gasteiger charge is -1.83. The Morgan fingerprint density at radius 2 is 2.20 bits per heavy atom. The summed E-state index contributed by atoms with van der Waals surface area (Å²) >= 11 is 0. The Bertz CT molecular complexity index is 399. The van der Waals surface area contributed by atoms with E-state index in [-0.39, 0.29) is 5.63 Å². The fourth-order valence-electron chi connectivity index (χ4n) is 0.881. The van der Waals surface area contributed by atoms with E-state index in [0.29, 0.717) is 5.58 Å². The quantitative estimate of drug-likeness (QED) is 0.588. The van der Waals surface area contributed by atoms with Gasteiger partial charge in [0.05, 0.1) is 5.52 Å². The summed E-state index contributed by atoms with van der Waals surface area (Å²) in [6.07, 6.45) is 1.73. The lowest BCUT2D eigenvalue weighted by molar-refractivity contribution is 0.561. The van der Waals surface area contributed by atoms with Gasteiger partial charge in [-0.15, -0.1) is 0 Å². The molecule has 2 aromatic rings. The summed E-state index contributed by atoms with van der Waals surface area (Å²) in [5.41, 5.74) is 1.14. The number of H-pyrrole nitrogens is 1. The molecule has 0 aliphatic heterocycles. The molecule has 0 unspecified atom stereocenters. The first-order valence-corrected chi connectivity index (χ1v) is 2.93. The van der Waals surface area contributed by atoms with Gasteiger partial charge in [-0.2, -0.15) is 0 Å². The molecule has 0 amide bonds. The molecule has 2 rings (SSSR count). The smallest absolute Gasteiger partial charge is 0.336 e. The molecular weight excluding hydrogens is 130 g/mol. The van der Waals surface area contributed by atoms with Gasteiger partial charge < -0.3 is 9.40 Å². The lowest BCUT2D eigenvalue weighted by Crippen LogP contribution is -1.92. The highest BCUT2D eigenvalue weighted by Crippen LogP contribution is 2.06. The number of hydrogen-bond donors (Lipinski definition) is 1. The van der Waals surface area contributed by atoms with Crippen LogP contribution in [-0.4, -0.2) is 4.98 Å². The second-order valence-electron chi connectivity index (χ2n) is 2.01. The molecule has 3 heteroatoms. The van der Waals surface area contributed by atoms with Gasteiger partial charge in [-0.05, 0) is 12.1 Å². The van der Waals surface area contributed by atoms with Crippen LogP contribution in [0.2, 0.25) is 0 Å². The second kappa shape index (κ2) is 1.73. The first-order chi connectivity index (χ1) is 4.86. The van der Waals surface area contributed by atoms with Crippen molar-refractivity contribution in [1.29, 1.82) is 0 Å². The van der Waals surface area contributed by atoms with Gasteiger partial charge in [-0.1, -0.05) is 0 Å². The Balaban J connectivity index is 2.99. The van der Waals surface area contributed by atoms with Crippen molar-refractivity contribution in [1.82, 2.24) is 4.98 Å². The maximum atomic E-state index is 10.6. The lowest BCUT2D eigenvalue weighted by atomic mass is 10.4. The summed E-state index contributed by atoms with van der Waals surface area (Å²) in [6.45, 7) is 0. The topological polar surface area (TPSA) is 46.0 Å². The molecule has 50 valence electrons. The first-order valence-electron chi connectivity index (χ1n) is 2.93. The van der Waals surface area contributed by atoms with Crippen molar-refractivity contribution in [3.05, 3.63) is 34.8 Å². The van der Waals surface area contributed by atoms with Crippen molar-refractivity contribution in [3.8, 4) is 0 Å². The Morgan fingerprint density at radius 1 is 1.30 bits per heavy atom. The summed E-state index contributed by atoms with van der Waals surface area (Å²) in [4.78, 5) is 13.5. The largest absolute Gasteiger partial charge is 0.421 e. The molecule has 2 aromatic heterocycles. The summed E-state index contributed by atoms with van der Waals surface area (Å²) in [5, 5.41) is 0. The van der Waals surface area contributed by atoms with Crippen molar-refractivity contribution >= 4 is 11.1 Å². The zero-order valence-electron chi connectivity index (χ0n) is 5.13. The van der Waals surface area contributed by atoms with Crippen molar-refractivity contribution in [3.63, 3.8) is 0 Å². The van der Waals surface area contributed by atoms with E-state index < -0.39 is 0 Å². The van der Waals surface area contributed by atoms with Gasteiger partial charge in [0.25, 0.3) is 0 Å². The monoisotopic (exact) mass is 135 g/mol. The molecule has 0 fully saturated rings. The molecule has 2 heterocycles. The van der Waals surface area contributed by atoms with Crippen molar-refractivity contribution in [2.24, 2.45) is 0 Å². The highest BCUT2D eigenvalue weighted by molar-refractivity contribution is 5.71. The average molecular weight is 135 g/mol. The number of aromatic amines is 1. The number of aromatic nitrogens is 1. The van der Waals surface area contributed by atoms with E-state index in [1.54, 1.807) is 18.3 Å². The van der Waals surface area contributed by atoms with Crippen LogP contribution in [0, 0.1) is 0 Å². The second-order valence-corrected chi connectivity index (χ2v) is 2.01. The minimum atomic E-state index is -0.313. The van der Waals surface area contributed by atoms with E-state index in [4.69, 9.17) is 4.42 Å². The van der Waals surface area contributed by atoms with Gasteiger partial charge in [0.1, 0.15) is 0 Å². The minimum absolute atomic E-state index is 0.313. The third-order valence-electron chi connectivity index (χ3n) is 1.34. The molecule has 0 saturated heterocycles. The predicted octanol–water partition coefficient (Wildman–Crippen LogP) is 1.12. The van der Waals surface area contributed by atoms with Crippen LogP contribution in [0.5, 0.6) is 0 Å². The van der Waals surface area contributed by atoms with Crippen molar-refractivity contribution < 1.29 is 4.42 Å². The summed E-state index contributed by atoms with van der Waals surface area (Å²) in [7, 11) is 0. The molecule has 0 aliphatic rings. The standard InChI is InChI=1S/C7H5NO2/c9-7-2-1-5-6(10-7)3-4-8-5/h1-4,8H. The summed E-state index contributed by atoms with van der Waals surface area (Å²) < 4.78 is 4.81. The Hall–Kier alpha value is -1.51. The Labute approximate surface area is 56.3 Å². The van der Waals surface area contributed by atoms with Gasteiger partial charge >= 0.3 is 5.63 Å². The molecule has 0 atom stereocenters. The average Bonchev–Trinajstić information content (AvgIpc) is 2.33. The van der Waals surface area contributed by atoms with E-state index in [1.807, 2.05) is 0 Å². The highest BCUT2D eigenvalue weighted by atomic mass is 16.4. The highest BCUT2D eigenvalue weighted by Gasteiger charge is 1.93.